The highest BCUT2D eigenvalue weighted by Gasteiger charge is 2.26. The van der Waals surface area contributed by atoms with Gasteiger partial charge in [-0.25, -0.2) is 9.78 Å². The lowest BCUT2D eigenvalue weighted by atomic mass is 9.99. The number of ether oxygens (including phenoxy) is 2. The Balaban J connectivity index is 1.44. The molecule has 1 aromatic heterocycles. The summed E-state index contributed by atoms with van der Waals surface area (Å²) in [6.07, 6.45) is 2.73. The Labute approximate surface area is 154 Å². The summed E-state index contributed by atoms with van der Waals surface area (Å²) in [5.74, 6) is 0.981. The van der Waals surface area contributed by atoms with Crippen LogP contribution in [0, 0.1) is 0 Å². The van der Waals surface area contributed by atoms with Gasteiger partial charge in [0.15, 0.2) is 0 Å². The second-order valence-electron chi connectivity index (χ2n) is 6.35. The minimum absolute atomic E-state index is 0.0242. The van der Waals surface area contributed by atoms with Gasteiger partial charge in [-0.1, -0.05) is 36.4 Å². The van der Waals surface area contributed by atoms with Crippen molar-refractivity contribution in [1.29, 1.82) is 0 Å². The van der Waals surface area contributed by atoms with Crippen molar-refractivity contribution in [2.75, 3.05) is 33.4 Å². The molecule has 2 heterocycles. The minimum atomic E-state index is -0.0242. The number of carbonyl (C=O) groups is 1. The van der Waals surface area contributed by atoms with Crippen LogP contribution in [0.15, 0.2) is 48.7 Å². The second kappa shape index (κ2) is 9.20. The van der Waals surface area contributed by atoms with Crippen molar-refractivity contribution in [1.82, 2.24) is 15.2 Å². The van der Waals surface area contributed by atoms with E-state index in [0.717, 1.165) is 25.1 Å². The summed E-state index contributed by atoms with van der Waals surface area (Å²) in [4.78, 5) is 18.5. The Morgan fingerprint density at radius 3 is 2.81 bits per heavy atom. The van der Waals surface area contributed by atoms with Crippen molar-refractivity contribution in [3.8, 4) is 5.88 Å². The molecule has 0 aliphatic carbocycles. The number of hydrogen-bond donors (Lipinski definition) is 1. The lowest BCUT2D eigenvalue weighted by Crippen LogP contribution is -2.37. The lowest BCUT2D eigenvalue weighted by molar-refractivity contribution is 0.143. The molecule has 0 radical (unpaired) electrons. The van der Waals surface area contributed by atoms with Gasteiger partial charge in [-0.15, -0.1) is 0 Å². The van der Waals surface area contributed by atoms with Gasteiger partial charge in [0.1, 0.15) is 6.61 Å². The topological polar surface area (TPSA) is 63.7 Å². The molecule has 0 unspecified atom stereocenters. The quantitative estimate of drug-likeness (QED) is 0.776. The van der Waals surface area contributed by atoms with Crippen LogP contribution in [0.25, 0.3) is 0 Å². The first-order valence-corrected chi connectivity index (χ1v) is 8.90. The SMILES string of the molecule is COCCOc1ccc(CNC(=O)N2CC[C@H](c3ccccc3)C2)cn1. The smallest absolute Gasteiger partial charge is 0.317 e. The zero-order valence-electron chi connectivity index (χ0n) is 15.1. The number of benzene rings is 1. The largest absolute Gasteiger partial charge is 0.475 e. The van der Waals surface area contributed by atoms with Crippen molar-refractivity contribution in [2.24, 2.45) is 0 Å². The first-order valence-electron chi connectivity index (χ1n) is 8.90. The van der Waals surface area contributed by atoms with Crippen LogP contribution in [-0.4, -0.2) is 49.3 Å². The number of urea groups is 1. The van der Waals surface area contributed by atoms with E-state index in [1.165, 1.54) is 5.56 Å². The van der Waals surface area contributed by atoms with Gasteiger partial charge in [-0.3, -0.25) is 0 Å². The average molecular weight is 355 g/mol. The lowest BCUT2D eigenvalue weighted by Gasteiger charge is -2.17. The van der Waals surface area contributed by atoms with Crippen LogP contribution in [0.5, 0.6) is 5.88 Å². The number of nitrogens with zero attached hydrogens (tertiary/aromatic N) is 2. The third-order valence-corrected chi connectivity index (χ3v) is 4.53. The summed E-state index contributed by atoms with van der Waals surface area (Å²) >= 11 is 0. The number of hydrogen-bond acceptors (Lipinski definition) is 4. The van der Waals surface area contributed by atoms with Crippen LogP contribution in [0.1, 0.15) is 23.5 Å². The van der Waals surface area contributed by atoms with E-state index in [1.54, 1.807) is 19.4 Å². The molecule has 1 fully saturated rings. The van der Waals surface area contributed by atoms with Gasteiger partial charge in [-0.2, -0.15) is 0 Å². The van der Waals surface area contributed by atoms with E-state index in [4.69, 9.17) is 9.47 Å². The number of amides is 2. The van der Waals surface area contributed by atoms with Crippen molar-refractivity contribution in [3.05, 3.63) is 59.8 Å². The fourth-order valence-corrected chi connectivity index (χ4v) is 3.06. The molecular weight excluding hydrogens is 330 g/mol. The first-order chi connectivity index (χ1) is 12.8. The van der Waals surface area contributed by atoms with Gasteiger partial charge in [0.25, 0.3) is 0 Å². The highest BCUT2D eigenvalue weighted by Crippen LogP contribution is 2.26. The summed E-state index contributed by atoms with van der Waals surface area (Å²) < 4.78 is 10.4. The Bertz CT molecular complexity index is 691. The molecule has 0 saturated carbocycles. The van der Waals surface area contributed by atoms with E-state index in [9.17, 15) is 4.79 Å². The van der Waals surface area contributed by atoms with E-state index in [-0.39, 0.29) is 6.03 Å². The van der Waals surface area contributed by atoms with Gasteiger partial charge < -0.3 is 19.7 Å². The summed E-state index contributed by atoms with van der Waals surface area (Å²) in [7, 11) is 1.63. The van der Waals surface area contributed by atoms with Gasteiger partial charge in [0.05, 0.1) is 6.61 Å². The van der Waals surface area contributed by atoms with Gasteiger partial charge in [0.2, 0.25) is 5.88 Å². The number of rotatable bonds is 7. The van der Waals surface area contributed by atoms with E-state index in [0.29, 0.717) is 31.6 Å². The van der Waals surface area contributed by atoms with Crippen molar-refractivity contribution < 1.29 is 14.3 Å². The molecule has 1 saturated heterocycles. The Kier molecular flexibility index (Phi) is 6.44. The van der Waals surface area contributed by atoms with E-state index < -0.39 is 0 Å². The summed E-state index contributed by atoms with van der Waals surface area (Å²) in [6, 6.07) is 14.1. The second-order valence-corrected chi connectivity index (χ2v) is 6.35. The Hall–Kier alpha value is -2.60. The van der Waals surface area contributed by atoms with E-state index >= 15 is 0 Å². The Morgan fingerprint density at radius 2 is 2.08 bits per heavy atom. The standard InChI is InChI=1S/C20H25N3O3/c1-25-11-12-26-19-8-7-16(13-21-19)14-22-20(24)23-10-9-18(15-23)17-5-3-2-4-6-17/h2-8,13,18H,9-12,14-15H2,1H3,(H,22,24)/t18-/m0/s1. The molecule has 6 nitrogen and oxygen atoms in total. The van der Waals surface area contributed by atoms with Crippen molar-refractivity contribution in [2.45, 2.75) is 18.9 Å². The number of likely N-dealkylation sites (tertiary alicyclic amines) is 1. The maximum Gasteiger partial charge on any atom is 0.317 e. The molecule has 0 spiro atoms. The number of nitrogens with one attached hydrogen (secondary N) is 1. The average Bonchev–Trinajstić information content (AvgIpc) is 3.18. The number of carbonyl (C=O) groups excluding carboxylic acids is 1. The van der Waals surface area contributed by atoms with Crippen LogP contribution < -0.4 is 10.1 Å². The molecule has 26 heavy (non-hydrogen) atoms. The monoisotopic (exact) mass is 355 g/mol. The molecule has 3 rings (SSSR count). The molecule has 138 valence electrons. The van der Waals surface area contributed by atoms with Crippen molar-refractivity contribution in [3.63, 3.8) is 0 Å². The molecule has 1 N–H and O–H groups in total. The molecule has 2 amide bonds. The predicted octanol–water partition coefficient (Wildman–Crippen LogP) is 2.81. The zero-order chi connectivity index (χ0) is 18.2. The van der Waals surface area contributed by atoms with Crippen LogP contribution in [0.3, 0.4) is 0 Å². The fourth-order valence-electron chi connectivity index (χ4n) is 3.06. The Morgan fingerprint density at radius 1 is 1.23 bits per heavy atom. The normalized spacial score (nSPS) is 16.5. The van der Waals surface area contributed by atoms with Crippen LogP contribution in [0.2, 0.25) is 0 Å². The van der Waals surface area contributed by atoms with Crippen LogP contribution >= 0.6 is 0 Å². The van der Waals surface area contributed by atoms with Crippen LogP contribution in [0.4, 0.5) is 4.79 Å². The molecule has 1 aliphatic heterocycles. The summed E-state index contributed by atoms with van der Waals surface area (Å²) in [5.41, 5.74) is 2.24. The fraction of sp³-hybridized carbons (Fsp3) is 0.400. The highest BCUT2D eigenvalue weighted by atomic mass is 16.5. The molecular formula is C20H25N3O3. The molecule has 2 aromatic rings. The number of aromatic nitrogens is 1. The third kappa shape index (κ3) is 4.95. The third-order valence-electron chi connectivity index (χ3n) is 4.53. The van der Waals surface area contributed by atoms with Crippen molar-refractivity contribution >= 4 is 6.03 Å². The molecule has 1 aromatic carbocycles. The predicted molar refractivity (Wildman–Crippen MR) is 99.2 cm³/mol. The number of pyridine rings is 1. The van der Waals surface area contributed by atoms with Crippen LogP contribution in [-0.2, 0) is 11.3 Å². The van der Waals surface area contributed by atoms with Gasteiger partial charge in [0, 0.05) is 44.9 Å². The molecule has 1 aliphatic rings. The summed E-state index contributed by atoms with van der Waals surface area (Å²) in [5, 5.41) is 2.97. The number of methoxy groups -OCH3 is 1. The molecule has 0 bridgehead atoms. The minimum Gasteiger partial charge on any atom is -0.475 e. The van der Waals surface area contributed by atoms with E-state index in [1.807, 2.05) is 29.2 Å². The maximum absolute atomic E-state index is 12.4. The zero-order valence-corrected chi connectivity index (χ0v) is 15.1. The van der Waals surface area contributed by atoms with Gasteiger partial charge in [-0.05, 0) is 17.5 Å². The highest BCUT2D eigenvalue weighted by molar-refractivity contribution is 5.74. The summed E-state index contributed by atoms with van der Waals surface area (Å²) in [6.45, 7) is 3.00. The molecule has 1 atom stereocenters. The van der Waals surface area contributed by atoms with E-state index in [2.05, 4.69) is 22.4 Å². The maximum atomic E-state index is 12.4. The van der Waals surface area contributed by atoms with Gasteiger partial charge >= 0.3 is 6.03 Å². The first kappa shape index (κ1) is 18.2. The molecule has 6 heteroatoms.